The van der Waals surface area contributed by atoms with Crippen LogP contribution in [0.2, 0.25) is 0 Å². The number of nitrogens with two attached hydrogens (primary N) is 1. The first-order valence-electron chi connectivity index (χ1n) is 4.04. The smallest absolute Gasteiger partial charge is 0.123 e. The van der Waals surface area contributed by atoms with Crippen LogP contribution in [-0.4, -0.2) is 4.98 Å². The van der Waals surface area contributed by atoms with E-state index in [2.05, 4.69) is 24.0 Å². The third-order valence-corrected chi connectivity index (χ3v) is 2.86. The number of thiophene rings is 1. The molecule has 0 aliphatic heterocycles. The van der Waals surface area contributed by atoms with E-state index in [1.165, 1.54) is 9.75 Å². The Kier molecular flexibility index (Phi) is 2.02. The van der Waals surface area contributed by atoms with Crippen molar-refractivity contribution in [2.75, 3.05) is 5.73 Å². The van der Waals surface area contributed by atoms with E-state index in [1.807, 2.05) is 12.1 Å². The predicted octanol–water partition coefficient (Wildman–Crippen LogP) is 2.70. The average molecular weight is 190 g/mol. The van der Waals surface area contributed by atoms with Crippen LogP contribution in [0, 0.1) is 6.92 Å². The van der Waals surface area contributed by atoms with Gasteiger partial charge in [-0.15, -0.1) is 11.3 Å². The summed E-state index contributed by atoms with van der Waals surface area (Å²) in [5.41, 5.74) is 6.74. The van der Waals surface area contributed by atoms with Crippen molar-refractivity contribution in [1.29, 1.82) is 0 Å². The van der Waals surface area contributed by atoms with Crippen LogP contribution in [0.5, 0.6) is 0 Å². The highest BCUT2D eigenvalue weighted by Gasteiger charge is 2.00. The molecule has 0 aromatic carbocycles. The van der Waals surface area contributed by atoms with Gasteiger partial charge < -0.3 is 5.73 Å². The van der Waals surface area contributed by atoms with E-state index in [0.717, 1.165) is 5.56 Å². The van der Waals surface area contributed by atoms with Gasteiger partial charge in [0.25, 0.3) is 0 Å². The number of aromatic nitrogens is 1. The summed E-state index contributed by atoms with van der Waals surface area (Å²) in [6, 6.07) is 8.08. The Balaban J connectivity index is 2.46. The molecular formula is C10H10N2S. The first-order valence-corrected chi connectivity index (χ1v) is 4.86. The summed E-state index contributed by atoms with van der Waals surface area (Å²) < 4.78 is 0. The highest BCUT2D eigenvalue weighted by Crippen LogP contribution is 2.27. The summed E-state index contributed by atoms with van der Waals surface area (Å²) in [7, 11) is 0. The van der Waals surface area contributed by atoms with E-state index in [9.17, 15) is 0 Å². The first-order chi connectivity index (χ1) is 6.25. The zero-order chi connectivity index (χ0) is 9.26. The molecule has 0 radical (unpaired) electrons. The van der Waals surface area contributed by atoms with E-state index < -0.39 is 0 Å². The fourth-order valence-corrected chi connectivity index (χ4v) is 2.06. The molecule has 2 aromatic heterocycles. The number of rotatable bonds is 1. The van der Waals surface area contributed by atoms with E-state index in [1.54, 1.807) is 17.5 Å². The van der Waals surface area contributed by atoms with Crippen molar-refractivity contribution in [2.45, 2.75) is 6.92 Å². The molecule has 0 amide bonds. The number of aryl methyl sites for hydroxylation is 1. The third kappa shape index (κ3) is 1.70. The van der Waals surface area contributed by atoms with Crippen molar-refractivity contribution >= 4 is 17.2 Å². The van der Waals surface area contributed by atoms with E-state index in [0.29, 0.717) is 5.82 Å². The van der Waals surface area contributed by atoms with Crippen LogP contribution in [-0.2, 0) is 0 Å². The monoisotopic (exact) mass is 190 g/mol. The van der Waals surface area contributed by atoms with Gasteiger partial charge in [-0.25, -0.2) is 4.98 Å². The van der Waals surface area contributed by atoms with Gasteiger partial charge in [0.2, 0.25) is 0 Å². The topological polar surface area (TPSA) is 38.9 Å². The highest BCUT2D eigenvalue weighted by atomic mass is 32.1. The summed E-state index contributed by atoms with van der Waals surface area (Å²) in [5.74, 6) is 0.573. The Morgan fingerprint density at radius 1 is 1.31 bits per heavy atom. The van der Waals surface area contributed by atoms with Crippen LogP contribution in [0.15, 0.2) is 30.5 Å². The number of nitrogens with zero attached hydrogens (tertiary/aromatic N) is 1. The van der Waals surface area contributed by atoms with E-state index >= 15 is 0 Å². The Labute approximate surface area is 81.1 Å². The lowest BCUT2D eigenvalue weighted by Crippen LogP contribution is -1.88. The van der Waals surface area contributed by atoms with Gasteiger partial charge in [-0.2, -0.15) is 0 Å². The maximum Gasteiger partial charge on any atom is 0.123 e. The van der Waals surface area contributed by atoms with Crippen LogP contribution in [0.4, 0.5) is 5.82 Å². The molecule has 66 valence electrons. The van der Waals surface area contributed by atoms with Gasteiger partial charge in [0.15, 0.2) is 0 Å². The molecule has 0 saturated carbocycles. The average Bonchev–Trinajstić information content (AvgIpc) is 2.52. The minimum absolute atomic E-state index is 0.573. The molecule has 2 aromatic rings. The lowest BCUT2D eigenvalue weighted by atomic mass is 10.2. The molecule has 13 heavy (non-hydrogen) atoms. The molecule has 0 bridgehead atoms. The van der Waals surface area contributed by atoms with Crippen molar-refractivity contribution in [2.24, 2.45) is 0 Å². The molecule has 0 aliphatic rings. The fraction of sp³-hybridized carbons (Fsp3) is 0.100. The van der Waals surface area contributed by atoms with Crippen LogP contribution in [0.3, 0.4) is 0 Å². The minimum atomic E-state index is 0.573. The molecule has 0 unspecified atom stereocenters. The highest BCUT2D eigenvalue weighted by molar-refractivity contribution is 7.15. The summed E-state index contributed by atoms with van der Waals surface area (Å²) >= 11 is 1.77. The summed E-state index contributed by atoms with van der Waals surface area (Å²) in [4.78, 5) is 6.51. The minimum Gasteiger partial charge on any atom is -0.384 e. The van der Waals surface area contributed by atoms with Crippen molar-refractivity contribution in [3.63, 3.8) is 0 Å². The lowest BCUT2D eigenvalue weighted by molar-refractivity contribution is 1.34. The van der Waals surface area contributed by atoms with Crippen molar-refractivity contribution < 1.29 is 0 Å². The van der Waals surface area contributed by atoms with Crippen LogP contribution >= 0.6 is 11.3 Å². The van der Waals surface area contributed by atoms with Gasteiger partial charge in [0.05, 0.1) is 0 Å². The van der Waals surface area contributed by atoms with Gasteiger partial charge >= 0.3 is 0 Å². The second-order valence-electron chi connectivity index (χ2n) is 2.88. The zero-order valence-electron chi connectivity index (χ0n) is 7.32. The predicted molar refractivity (Wildman–Crippen MR) is 56.7 cm³/mol. The van der Waals surface area contributed by atoms with Crippen LogP contribution in [0.1, 0.15) is 4.88 Å². The maximum atomic E-state index is 5.60. The second kappa shape index (κ2) is 3.18. The van der Waals surface area contributed by atoms with Gasteiger partial charge in [-0.3, -0.25) is 0 Å². The summed E-state index contributed by atoms with van der Waals surface area (Å²) in [6.45, 7) is 2.10. The molecule has 0 aliphatic carbocycles. The molecule has 2 N–H and O–H groups in total. The van der Waals surface area contributed by atoms with Gasteiger partial charge in [-0.1, -0.05) is 0 Å². The van der Waals surface area contributed by atoms with Gasteiger partial charge in [0.1, 0.15) is 5.82 Å². The van der Waals surface area contributed by atoms with E-state index in [4.69, 9.17) is 5.73 Å². The molecule has 0 saturated heterocycles. The number of pyridine rings is 1. The normalized spacial score (nSPS) is 10.2. The van der Waals surface area contributed by atoms with Crippen LogP contribution in [0.25, 0.3) is 10.4 Å². The number of anilines is 1. The Bertz CT molecular complexity index is 420. The third-order valence-electron chi connectivity index (χ3n) is 1.81. The van der Waals surface area contributed by atoms with Crippen molar-refractivity contribution in [3.8, 4) is 10.4 Å². The van der Waals surface area contributed by atoms with Gasteiger partial charge in [0, 0.05) is 16.0 Å². The first kappa shape index (κ1) is 8.26. The SMILES string of the molecule is Cc1ccc(-c2ccnc(N)c2)s1. The molecule has 2 nitrogen and oxygen atoms in total. The van der Waals surface area contributed by atoms with Crippen molar-refractivity contribution in [1.82, 2.24) is 4.98 Å². The van der Waals surface area contributed by atoms with Crippen LogP contribution < -0.4 is 5.73 Å². The Hall–Kier alpha value is -1.35. The van der Waals surface area contributed by atoms with Gasteiger partial charge in [-0.05, 0) is 36.8 Å². The number of nitrogen functional groups attached to an aromatic ring is 1. The molecular weight excluding hydrogens is 180 g/mol. The molecule has 0 atom stereocenters. The summed E-state index contributed by atoms with van der Waals surface area (Å²) in [5, 5.41) is 0. The molecule has 2 heterocycles. The largest absolute Gasteiger partial charge is 0.384 e. The Morgan fingerprint density at radius 3 is 2.77 bits per heavy atom. The van der Waals surface area contributed by atoms with E-state index in [-0.39, 0.29) is 0 Å². The number of hydrogen-bond acceptors (Lipinski definition) is 3. The Morgan fingerprint density at radius 2 is 2.15 bits per heavy atom. The maximum absolute atomic E-state index is 5.60. The fourth-order valence-electron chi connectivity index (χ4n) is 1.19. The lowest BCUT2D eigenvalue weighted by Gasteiger charge is -1.97. The number of hydrogen-bond donors (Lipinski definition) is 1. The second-order valence-corrected chi connectivity index (χ2v) is 4.17. The molecule has 2 rings (SSSR count). The zero-order valence-corrected chi connectivity index (χ0v) is 8.14. The standard InChI is InChI=1S/C10H10N2S/c1-7-2-3-9(13-7)8-4-5-12-10(11)6-8/h2-6H,1H3,(H2,11,12). The van der Waals surface area contributed by atoms with Crippen molar-refractivity contribution in [3.05, 3.63) is 35.3 Å². The molecule has 0 fully saturated rings. The molecule has 0 spiro atoms. The molecule has 3 heteroatoms. The quantitative estimate of drug-likeness (QED) is 0.751. The summed E-state index contributed by atoms with van der Waals surface area (Å²) in [6.07, 6.45) is 1.74.